The summed E-state index contributed by atoms with van der Waals surface area (Å²) < 4.78 is 2.41. The van der Waals surface area contributed by atoms with Crippen LogP contribution in [0.5, 0.6) is 0 Å². The highest BCUT2D eigenvalue weighted by molar-refractivity contribution is 5.97. The van der Waals surface area contributed by atoms with E-state index in [0.29, 0.717) is 6.04 Å². The van der Waals surface area contributed by atoms with Crippen molar-refractivity contribution in [2.24, 2.45) is 5.92 Å². The fourth-order valence-corrected chi connectivity index (χ4v) is 5.51. The average Bonchev–Trinajstić information content (AvgIpc) is 3.48. The Balaban J connectivity index is 1.61. The molecule has 0 atom stereocenters. The lowest BCUT2D eigenvalue weighted by atomic mass is 9.88. The molecule has 0 saturated heterocycles. The number of nitrogens with zero attached hydrogens (tertiary/aromatic N) is 2. The smallest absolute Gasteiger partial charge is 0.228 e. The molecule has 2 aromatic heterocycles. The van der Waals surface area contributed by atoms with Crippen LogP contribution < -0.4 is 5.32 Å². The number of nitrogens with one attached hydrogen (secondary N) is 2. The van der Waals surface area contributed by atoms with Crippen molar-refractivity contribution in [1.82, 2.24) is 14.5 Å². The molecule has 2 saturated carbocycles. The monoisotopic (exact) mass is 404 g/mol. The first-order valence-electron chi connectivity index (χ1n) is 11.6. The van der Waals surface area contributed by atoms with Crippen LogP contribution in [0, 0.1) is 19.8 Å². The standard InChI is InChI=1S/C25H32N4O/c1-16-17(2)29(19-12-6-7-13-19)24(28-25(30)18-10-4-3-5-11-18)22(16)23-26-20-14-8-9-15-21(20)27-23/h8-9,14-15,18-19H,3-7,10-13H2,1-2H3,(H,26,27)(H,28,30). The Labute approximate surface area is 178 Å². The number of carbonyl (C=O) groups is 1. The zero-order chi connectivity index (χ0) is 20.7. The minimum atomic E-state index is 0.134. The van der Waals surface area contributed by atoms with Gasteiger partial charge in [0.25, 0.3) is 0 Å². The number of amides is 1. The minimum absolute atomic E-state index is 0.134. The van der Waals surface area contributed by atoms with E-state index in [4.69, 9.17) is 4.98 Å². The summed E-state index contributed by atoms with van der Waals surface area (Å²) in [7, 11) is 0. The first-order chi connectivity index (χ1) is 14.6. The number of imidazole rings is 1. The predicted octanol–water partition coefficient (Wildman–Crippen LogP) is 6.28. The number of rotatable bonds is 4. The molecule has 0 unspecified atom stereocenters. The summed E-state index contributed by atoms with van der Waals surface area (Å²) in [4.78, 5) is 21.6. The zero-order valence-corrected chi connectivity index (χ0v) is 18.1. The van der Waals surface area contributed by atoms with Gasteiger partial charge in [-0.2, -0.15) is 0 Å². The van der Waals surface area contributed by atoms with Gasteiger partial charge < -0.3 is 14.9 Å². The van der Waals surface area contributed by atoms with Crippen molar-refractivity contribution in [3.8, 4) is 11.4 Å². The van der Waals surface area contributed by atoms with Gasteiger partial charge in [-0.15, -0.1) is 0 Å². The summed E-state index contributed by atoms with van der Waals surface area (Å²) in [5.74, 6) is 2.12. The van der Waals surface area contributed by atoms with Gasteiger partial charge in [-0.05, 0) is 57.2 Å². The molecule has 5 heteroatoms. The lowest BCUT2D eigenvalue weighted by Crippen LogP contribution is -2.26. The molecule has 0 spiro atoms. The largest absolute Gasteiger partial charge is 0.338 e. The van der Waals surface area contributed by atoms with Crippen molar-refractivity contribution in [2.45, 2.75) is 77.7 Å². The van der Waals surface area contributed by atoms with E-state index in [1.807, 2.05) is 18.2 Å². The Bertz CT molecular complexity index is 1030. The average molecular weight is 405 g/mol. The molecule has 2 heterocycles. The van der Waals surface area contributed by atoms with Crippen molar-refractivity contribution in [2.75, 3.05) is 5.32 Å². The van der Waals surface area contributed by atoms with Gasteiger partial charge in [-0.3, -0.25) is 4.79 Å². The molecule has 30 heavy (non-hydrogen) atoms. The number of para-hydroxylation sites is 2. The first kappa shape index (κ1) is 19.4. The number of hydrogen-bond donors (Lipinski definition) is 2. The number of H-pyrrole nitrogens is 1. The Hall–Kier alpha value is -2.56. The van der Waals surface area contributed by atoms with Crippen molar-refractivity contribution in [3.63, 3.8) is 0 Å². The molecular formula is C25H32N4O. The molecule has 5 nitrogen and oxygen atoms in total. The Morgan fingerprint density at radius 1 is 1.03 bits per heavy atom. The number of anilines is 1. The maximum absolute atomic E-state index is 13.3. The van der Waals surface area contributed by atoms with Gasteiger partial charge in [0.05, 0.1) is 16.6 Å². The van der Waals surface area contributed by atoms with Crippen molar-refractivity contribution >= 4 is 22.8 Å². The maximum atomic E-state index is 13.3. The zero-order valence-electron chi connectivity index (χ0n) is 18.1. The molecule has 2 aliphatic rings. The van der Waals surface area contributed by atoms with E-state index in [-0.39, 0.29) is 11.8 Å². The molecule has 2 fully saturated rings. The maximum Gasteiger partial charge on any atom is 0.228 e. The number of aromatic nitrogens is 3. The van der Waals surface area contributed by atoms with Gasteiger partial charge >= 0.3 is 0 Å². The second-order valence-electron chi connectivity index (χ2n) is 9.17. The summed E-state index contributed by atoms with van der Waals surface area (Å²) in [6.07, 6.45) is 10.5. The lowest BCUT2D eigenvalue weighted by molar-refractivity contribution is -0.120. The highest BCUT2D eigenvalue weighted by Crippen LogP contribution is 2.42. The third-order valence-corrected chi connectivity index (χ3v) is 7.29. The van der Waals surface area contributed by atoms with Gasteiger partial charge in [-0.25, -0.2) is 4.98 Å². The van der Waals surface area contributed by atoms with E-state index in [1.54, 1.807) is 0 Å². The van der Waals surface area contributed by atoms with Gasteiger partial charge in [0.2, 0.25) is 5.91 Å². The van der Waals surface area contributed by atoms with Crippen molar-refractivity contribution in [3.05, 3.63) is 35.5 Å². The van der Waals surface area contributed by atoms with E-state index in [2.05, 4.69) is 34.8 Å². The van der Waals surface area contributed by atoms with Crippen LogP contribution in [0.25, 0.3) is 22.4 Å². The van der Waals surface area contributed by atoms with Gasteiger partial charge in [0.15, 0.2) is 0 Å². The minimum Gasteiger partial charge on any atom is -0.338 e. The first-order valence-corrected chi connectivity index (χ1v) is 11.6. The SMILES string of the molecule is Cc1c(-c2nc3ccccc3[nH]2)c(NC(=O)C2CCCCC2)n(C2CCCC2)c1C. The molecule has 158 valence electrons. The van der Waals surface area contributed by atoms with Gasteiger partial charge in [0.1, 0.15) is 11.6 Å². The van der Waals surface area contributed by atoms with Crippen LogP contribution in [0.3, 0.4) is 0 Å². The summed E-state index contributed by atoms with van der Waals surface area (Å²) in [6.45, 7) is 4.36. The molecule has 0 radical (unpaired) electrons. The van der Waals surface area contributed by atoms with Crippen LogP contribution in [-0.2, 0) is 4.79 Å². The van der Waals surface area contributed by atoms with Crippen molar-refractivity contribution < 1.29 is 4.79 Å². The van der Waals surface area contributed by atoms with Crippen LogP contribution >= 0.6 is 0 Å². The highest BCUT2D eigenvalue weighted by atomic mass is 16.2. The normalized spacial score (nSPS) is 18.3. The van der Waals surface area contributed by atoms with E-state index in [0.717, 1.165) is 53.9 Å². The molecular weight excluding hydrogens is 372 g/mol. The van der Waals surface area contributed by atoms with Crippen LogP contribution in [0.2, 0.25) is 0 Å². The Morgan fingerprint density at radius 3 is 2.47 bits per heavy atom. The summed E-state index contributed by atoms with van der Waals surface area (Å²) >= 11 is 0. The molecule has 0 bridgehead atoms. The van der Waals surface area contributed by atoms with Gasteiger partial charge in [0, 0.05) is 17.7 Å². The molecule has 0 aliphatic heterocycles. The quantitative estimate of drug-likeness (QED) is 0.537. The molecule has 1 amide bonds. The summed E-state index contributed by atoms with van der Waals surface area (Å²) in [5, 5.41) is 3.39. The Kier molecular flexibility index (Phi) is 5.13. The van der Waals surface area contributed by atoms with E-state index in [1.165, 1.54) is 43.4 Å². The third kappa shape index (κ3) is 3.34. The number of aromatic amines is 1. The van der Waals surface area contributed by atoms with Crippen LogP contribution in [0.15, 0.2) is 24.3 Å². The second-order valence-corrected chi connectivity index (χ2v) is 9.17. The number of benzene rings is 1. The number of carbonyl (C=O) groups excluding carboxylic acids is 1. The van der Waals surface area contributed by atoms with E-state index >= 15 is 0 Å². The van der Waals surface area contributed by atoms with Crippen LogP contribution in [-0.4, -0.2) is 20.4 Å². The summed E-state index contributed by atoms with van der Waals surface area (Å²) in [6, 6.07) is 8.59. The second kappa shape index (κ2) is 7.93. The van der Waals surface area contributed by atoms with Crippen LogP contribution in [0.1, 0.15) is 75.1 Å². The molecule has 2 aliphatic carbocycles. The highest BCUT2D eigenvalue weighted by Gasteiger charge is 2.30. The fourth-order valence-electron chi connectivity index (χ4n) is 5.51. The van der Waals surface area contributed by atoms with Crippen LogP contribution in [0.4, 0.5) is 5.82 Å². The molecule has 2 N–H and O–H groups in total. The molecule has 5 rings (SSSR count). The predicted molar refractivity (Wildman–Crippen MR) is 122 cm³/mol. The lowest BCUT2D eigenvalue weighted by Gasteiger charge is -2.24. The third-order valence-electron chi connectivity index (χ3n) is 7.29. The molecule has 1 aromatic carbocycles. The van der Waals surface area contributed by atoms with Crippen molar-refractivity contribution in [1.29, 1.82) is 0 Å². The number of fused-ring (bicyclic) bond motifs is 1. The van der Waals surface area contributed by atoms with E-state index in [9.17, 15) is 4.79 Å². The summed E-state index contributed by atoms with van der Waals surface area (Å²) in [5.41, 5.74) is 5.50. The topological polar surface area (TPSA) is 62.7 Å². The Morgan fingerprint density at radius 2 is 1.73 bits per heavy atom. The van der Waals surface area contributed by atoms with Gasteiger partial charge in [-0.1, -0.05) is 44.2 Å². The van der Waals surface area contributed by atoms with E-state index < -0.39 is 0 Å². The molecule has 3 aromatic rings. The number of hydrogen-bond acceptors (Lipinski definition) is 2. The fraction of sp³-hybridized carbons (Fsp3) is 0.520.